The second-order valence-electron chi connectivity index (χ2n) is 5.29. The van der Waals surface area contributed by atoms with E-state index in [0.717, 1.165) is 34.7 Å². The molecule has 0 aromatic heterocycles. The van der Waals surface area contributed by atoms with Crippen molar-refractivity contribution in [1.29, 1.82) is 0 Å². The van der Waals surface area contributed by atoms with Crippen LogP contribution in [0.15, 0.2) is 36.4 Å². The summed E-state index contributed by atoms with van der Waals surface area (Å²) in [5, 5.41) is 0. The van der Waals surface area contributed by atoms with Crippen molar-refractivity contribution in [2.45, 2.75) is 26.4 Å². The van der Waals surface area contributed by atoms with E-state index >= 15 is 0 Å². The Morgan fingerprint density at radius 2 is 2.00 bits per heavy atom. The molecule has 3 rings (SSSR count). The molecule has 0 amide bonds. The first-order valence-electron chi connectivity index (χ1n) is 6.88. The fraction of sp³-hybridized carbons (Fsp3) is 0.294. The number of fused-ring (bicyclic) bond motifs is 1. The Bertz CT molecular complexity index is 612. The van der Waals surface area contributed by atoms with Gasteiger partial charge in [-0.1, -0.05) is 24.3 Å². The van der Waals surface area contributed by atoms with E-state index in [-0.39, 0.29) is 6.10 Å². The number of nitrogen functional groups attached to an aromatic ring is 1. The zero-order chi connectivity index (χ0) is 14.1. The van der Waals surface area contributed by atoms with Crippen LogP contribution in [-0.2, 0) is 6.42 Å². The van der Waals surface area contributed by atoms with E-state index in [1.807, 2.05) is 44.2 Å². The van der Waals surface area contributed by atoms with Crippen LogP contribution in [0.1, 0.15) is 16.7 Å². The number of para-hydroxylation sites is 1. The molecule has 0 saturated heterocycles. The maximum Gasteiger partial charge on any atom is 0.137 e. The summed E-state index contributed by atoms with van der Waals surface area (Å²) in [7, 11) is 0. The van der Waals surface area contributed by atoms with Crippen LogP contribution in [0.3, 0.4) is 0 Å². The molecular formula is C17H19NO2. The van der Waals surface area contributed by atoms with Crippen LogP contribution in [0.2, 0.25) is 0 Å². The molecule has 0 spiro atoms. The molecule has 2 aromatic carbocycles. The maximum atomic E-state index is 5.96. The van der Waals surface area contributed by atoms with Gasteiger partial charge in [0, 0.05) is 17.7 Å². The zero-order valence-corrected chi connectivity index (χ0v) is 11.8. The number of benzene rings is 2. The molecule has 3 heteroatoms. The number of rotatable bonds is 3. The van der Waals surface area contributed by atoms with Gasteiger partial charge in [0.05, 0.1) is 0 Å². The van der Waals surface area contributed by atoms with Gasteiger partial charge in [-0.3, -0.25) is 0 Å². The van der Waals surface area contributed by atoms with Gasteiger partial charge in [0.1, 0.15) is 24.2 Å². The lowest BCUT2D eigenvalue weighted by Crippen LogP contribution is -2.23. The number of ether oxygens (including phenoxy) is 2. The van der Waals surface area contributed by atoms with E-state index in [9.17, 15) is 0 Å². The molecule has 0 fully saturated rings. The first-order chi connectivity index (χ1) is 9.65. The van der Waals surface area contributed by atoms with Gasteiger partial charge in [0.2, 0.25) is 0 Å². The number of anilines is 1. The lowest BCUT2D eigenvalue weighted by molar-refractivity contribution is 0.147. The van der Waals surface area contributed by atoms with Gasteiger partial charge in [-0.15, -0.1) is 0 Å². The first kappa shape index (κ1) is 12.9. The first-order valence-corrected chi connectivity index (χ1v) is 6.88. The van der Waals surface area contributed by atoms with Crippen LogP contribution in [-0.4, -0.2) is 12.7 Å². The van der Waals surface area contributed by atoms with Gasteiger partial charge < -0.3 is 15.2 Å². The van der Waals surface area contributed by atoms with Crippen molar-refractivity contribution in [3.05, 3.63) is 53.1 Å². The Morgan fingerprint density at radius 3 is 2.80 bits per heavy atom. The third-order valence-electron chi connectivity index (χ3n) is 3.77. The molecule has 2 aromatic rings. The van der Waals surface area contributed by atoms with Crippen molar-refractivity contribution in [2.75, 3.05) is 12.3 Å². The molecule has 1 aliphatic heterocycles. The quantitative estimate of drug-likeness (QED) is 0.870. The number of hydrogen-bond acceptors (Lipinski definition) is 3. The van der Waals surface area contributed by atoms with Crippen LogP contribution in [0.25, 0.3) is 0 Å². The molecule has 2 N–H and O–H groups in total. The van der Waals surface area contributed by atoms with Crippen molar-refractivity contribution in [3.63, 3.8) is 0 Å². The molecule has 1 unspecified atom stereocenters. The number of hydrogen-bond donors (Lipinski definition) is 1. The molecule has 0 aliphatic carbocycles. The maximum absolute atomic E-state index is 5.96. The van der Waals surface area contributed by atoms with E-state index < -0.39 is 0 Å². The van der Waals surface area contributed by atoms with E-state index in [0.29, 0.717) is 6.61 Å². The molecule has 0 saturated carbocycles. The summed E-state index contributed by atoms with van der Waals surface area (Å²) in [6.07, 6.45) is 0.976. The molecule has 104 valence electrons. The SMILES string of the molecule is Cc1ccc(N)c(C)c1OCC1Cc2ccccc2O1. The molecule has 1 atom stereocenters. The van der Waals surface area contributed by atoms with Gasteiger partial charge in [0.25, 0.3) is 0 Å². The molecular weight excluding hydrogens is 250 g/mol. The smallest absolute Gasteiger partial charge is 0.137 e. The predicted octanol–water partition coefficient (Wildman–Crippen LogP) is 3.27. The summed E-state index contributed by atoms with van der Waals surface area (Å²) in [5.74, 6) is 1.85. The van der Waals surface area contributed by atoms with Crippen molar-refractivity contribution < 1.29 is 9.47 Å². The highest BCUT2D eigenvalue weighted by Gasteiger charge is 2.23. The summed E-state index contributed by atoms with van der Waals surface area (Å²) in [6.45, 7) is 4.56. The zero-order valence-electron chi connectivity index (χ0n) is 11.8. The normalized spacial score (nSPS) is 16.6. The third-order valence-corrected chi connectivity index (χ3v) is 3.77. The van der Waals surface area contributed by atoms with Crippen molar-refractivity contribution in [3.8, 4) is 11.5 Å². The van der Waals surface area contributed by atoms with Crippen molar-refractivity contribution in [2.24, 2.45) is 0 Å². The summed E-state index contributed by atoms with van der Waals surface area (Å²) in [6, 6.07) is 12.0. The predicted molar refractivity (Wildman–Crippen MR) is 80.4 cm³/mol. The second kappa shape index (κ2) is 5.08. The Labute approximate surface area is 119 Å². The van der Waals surface area contributed by atoms with Gasteiger partial charge in [-0.2, -0.15) is 0 Å². The minimum atomic E-state index is 0.0765. The van der Waals surface area contributed by atoms with E-state index in [1.165, 1.54) is 5.56 Å². The summed E-state index contributed by atoms with van der Waals surface area (Å²) >= 11 is 0. The van der Waals surface area contributed by atoms with Crippen molar-refractivity contribution >= 4 is 5.69 Å². The van der Waals surface area contributed by atoms with Crippen LogP contribution in [0.4, 0.5) is 5.69 Å². The highest BCUT2D eigenvalue weighted by atomic mass is 16.5. The fourth-order valence-corrected chi connectivity index (χ4v) is 2.59. The Morgan fingerprint density at radius 1 is 1.20 bits per heavy atom. The standard InChI is InChI=1S/C17H19NO2/c1-11-7-8-15(18)12(2)17(11)19-10-14-9-13-5-3-4-6-16(13)20-14/h3-8,14H,9-10,18H2,1-2H3. The molecule has 1 heterocycles. The van der Waals surface area contributed by atoms with Gasteiger partial charge >= 0.3 is 0 Å². The van der Waals surface area contributed by atoms with Gasteiger partial charge in [0.15, 0.2) is 0 Å². The van der Waals surface area contributed by atoms with Gasteiger partial charge in [-0.25, -0.2) is 0 Å². The van der Waals surface area contributed by atoms with E-state index in [1.54, 1.807) is 0 Å². The summed E-state index contributed by atoms with van der Waals surface area (Å²) in [4.78, 5) is 0. The lowest BCUT2D eigenvalue weighted by Gasteiger charge is -2.16. The molecule has 0 bridgehead atoms. The van der Waals surface area contributed by atoms with Crippen LogP contribution in [0.5, 0.6) is 11.5 Å². The largest absolute Gasteiger partial charge is 0.489 e. The topological polar surface area (TPSA) is 44.5 Å². The number of aryl methyl sites for hydroxylation is 1. The van der Waals surface area contributed by atoms with Gasteiger partial charge in [-0.05, 0) is 37.1 Å². The van der Waals surface area contributed by atoms with E-state index in [4.69, 9.17) is 15.2 Å². The molecule has 20 heavy (non-hydrogen) atoms. The Kier molecular flexibility index (Phi) is 3.26. The fourth-order valence-electron chi connectivity index (χ4n) is 2.59. The molecule has 0 radical (unpaired) electrons. The van der Waals surface area contributed by atoms with Crippen LogP contribution < -0.4 is 15.2 Å². The van der Waals surface area contributed by atoms with Crippen LogP contribution in [0, 0.1) is 13.8 Å². The Balaban J connectivity index is 1.69. The summed E-state index contributed by atoms with van der Waals surface area (Å²) < 4.78 is 11.8. The third kappa shape index (κ3) is 2.31. The Hall–Kier alpha value is -2.16. The molecule has 3 nitrogen and oxygen atoms in total. The second-order valence-corrected chi connectivity index (χ2v) is 5.29. The van der Waals surface area contributed by atoms with E-state index in [2.05, 4.69) is 6.07 Å². The highest BCUT2D eigenvalue weighted by molar-refractivity contribution is 5.56. The lowest BCUT2D eigenvalue weighted by atomic mass is 10.1. The molecule has 1 aliphatic rings. The monoisotopic (exact) mass is 269 g/mol. The minimum absolute atomic E-state index is 0.0765. The van der Waals surface area contributed by atoms with Crippen LogP contribution >= 0.6 is 0 Å². The minimum Gasteiger partial charge on any atom is -0.489 e. The van der Waals surface area contributed by atoms with Crippen molar-refractivity contribution in [1.82, 2.24) is 0 Å². The number of nitrogens with two attached hydrogens (primary N) is 1. The average molecular weight is 269 g/mol. The summed E-state index contributed by atoms with van der Waals surface area (Å²) in [5.41, 5.74) is 10.1. The average Bonchev–Trinajstić information content (AvgIpc) is 2.86. The highest BCUT2D eigenvalue weighted by Crippen LogP contribution is 2.31.